The van der Waals surface area contributed by atoms with E-state index in [-0.39, 0.29) is 5.91 Å². The molecule has 28 heavy (non-hydrogen) atoms. The van der Waals surface area contributed by atoms with E-state index in [0.29, 0.717) is 11.4 Å². The van der Waals surface area contributed by atoms with E-state index in [9.17, 15) is 4.79 Å². The van der Waals surface area contributed by atoms with Crippen molar-refractivity contribution >= 4 is 39.5 Å². The van der Waals surface area contributed by atoms with Crippen LogP contribution in [-0.2, 0) is 0 Å². The summed E-state index contributed by atoms with van der Waals surface area (Å²) in [5, 5.41) is 7.08. The number of anilines is 2. The minimum Gasteiger partial charge on any atom is -0.339 e. The number of nitrogens with zero attached hydrogens (tertiary/aromatic N) is 4. The van der Waals surface area contributed by atoms with Crippen LogP contribution in [0.2, 0.25) is 0 Å². The molecule has 3 aromatic rings. The van der Waals surface area contributed by atoms with Gasteiger partial charge in [0, 0.05) is 24.7 Å². The quantitative estimate of drug-likeness (QED) is 0.649. The number of aryl methyl sites for hydroxylation is 2. The minimum atomic E-state index is 0.0773. The zero-order chi connectivity index (χ0) is 19.5. The summed E-state index contributed by atoms with van der Waals surface area (Å²) in [6, 6.07) is 3.68. The summed E-state index contributed by atoms with van der Waals surface area (Å²) in [4.78, 5) is 29.3. The van der Waals surface area contributed by atoms with Crippen LogP contribution in [0.25, 0.3) is 10.6 Å². The molecule has 4 rings (SSSR count). The van der Waals surface area contributed by atoms with E-state index in [1.165, 1.54) is 24.2 Å². The Kier molecular flexibility index (Phi) is 5.68. The van der Waals surface area contributed by atoms with Gasteiger partial charge < -0.3 is 10.2 Å². The maximum absolute atomic E-state index is 12.7. The van der Waals surface area contributed by atoms with Gasteiger partial charge >= 0.3 is 0 Å². The van der Waals surface area contributed by atoms with Gasteiger partial charge in [-0.3, -0.25) is 4.79 Å². The maximum Gasteiger partial charge on any atom is 0.255 e. The van der Waals surface area contributed by atoms with Gasteiger partial charge in [0.2, 0.25) is 0 Å². The van der Waals surface area contributed by atoms with E-state index in [1.807, 2.05) is 36.3 Å². The maximum atomic E-state index is 12.7. The van der Waals surface area contributed by atoms with Gasteiger partial charge in [0.25, 0.3) is 5.91 Å². The van der Waals surface area contributed by atoms with Crippen LogP contribution in [0.1, 0.15) is 46.7 Å². The molecule has 0 unspecified atom stereocenters. The summed E-state index contributed by atoms with van der Waals surface area (Å²) in [6.45, 7) is 5.70. The standard InChI is InChI=1S/C20H23N5OS2/c1-13-18(28-14(2)22-13)16-12-27-20(23-16)24-17-8-7-15(11-21-17)19(26)25-9-5-3-4-6-10-25/h7-8,11-12H,3-6,9-10H2,1-2H3,(H,21,23,24). The third kappa shape index (κ3) is 4.23. The summed E-state index contributed by atoms with van der Waals surface area (Å²) in [6.07, 6.45) is 6.25. The zero-order valence-corrected chi connectivity index (χ0v) is 17.7. The highest BCUT2D eigenvalue weighted by Gasteiger charge is 2.18. The Bertz CT molecular complexity index is 955. The molecule has 1 saturated heterocycles. The smallest absolute Gasteiger partial charge is 0.255 e. The number of amides is 1. The van der Waals surface area contributed by atoms with E-state index in [1.54, 1.807) is 17.5 Å². The second kappa shape index (κ2) is 8.36. The van der Waals surface area contributed by atoms with Crippen molar-refractivity contribution in [3.05, 3.63) is 40.0 Å². The number of likely N-dealkylation sites (tertiary alicyclic amines) is 1. The van der Waals surface area contributed by atoms with E-state index < -0.39 is 0 Å². The van der Waals surface area contributed by atoms with Gasteiger partial charge in [-0.25, -0.2) is 15.0 Å². The molecule has 0 bridgehead atoms. The largest absolute Gasteiger partial charge is 0.339 e. The van der Waals surface area contributed by atoms with Crippen LogP contribution in [0.3, 0.4) is 0 Å². The predicted molar refractivity (Wildman–Crippen MR) is 115 cm³/mol. The van der Waals surface area contributed by atoms with Gasteiger partial charge in [-0.15, -0.1) is 22.7 Å². The fourth-order valence-electron chi connectivity index (χ4n) is 3.36. The average Bonchev–Trinajstić information content (AvgIpc) is 3.17. The van der Waals surface area contributed by atoms with Crippen molar-refractivity contribution in [1.29, 1.82) is 0 Å². The number of nitrogens with one attached hydrogen (secondary N) is 1. The normalized spacial score (nSPS) is 14.7. The molecule has 0 atom stereocenters. The van der Waals surface area contributed by atoms with Crippen molar-refractivity contribution in [2.24, 2.45) is 0 Å². The molecule has 0 spiro atoms. The van der Waals surface area contributed by atoms with Gasteiger partial charge in [-0.05, 0) is 38.8 Å². The lowest BCUT2D eigenvalue weighted by molar-refractivity contribution is 0.0761. The molecular formula is C20H23N5OS2. The molecule has 0 saturated carbocycles. The second-order valence-electron chi connectivity index (χ2n) is 6.95. The summed E-state index contributed by atoms with van der Waals surface area (Å²) in [5.41, 5.74) is 2.58. The lowest BCUT2D eigenvalue weighted by Gasteiger charge is -2.20. The molecule has 1 N–H and O–H groups in total. The van der Waals surface area contributed by atoms with Crippen LogP contribution in [-0.4, -0.2) is 38.8 Å². The van der Waals surface area contributed by atoms with Crippen LogP contribution >= 0.6 is 22.7 Å². The molecule has 1 aliphatic rings. The van der Waals surface area contributed by atoms with Crippen molar-refractivity contribution in [1.82, 2.24) is 19.9 Å². The first-order valence-corrected chi connectivity index (χ1v) is 11.2. The SMILES string of the molecule is Cc1nc(C)c(-c2csc(Nc3ccc(C(=O)N4CCCCCC4)cn3)n2)s1. The van der Waals surface area contributed by atoms with Crippen molar-refractivity contribution in [2.45, 2.75) is 39.5 Å². The van der Waals surface area contributed by atoms with Gasteiger partial charge in [-0.2, -0.15) is 0 Å². The molecule has 8 heteroatoms. The lowest BCUT2D eigenvalue weighted by atomic mass is 10.2. The molecule has 146 valence electrons. The molecule has 0 radical (unpaired) electrons. The Morgan fingerprint density at radius 3 is 2.54 bits per heavy atom. The molecule has 1 fully saturated rings. The summed E-state index contributed by atoms with van der Waals surface area (Å²) >= 11 is 3.19. The topological polar surface area (TPSA) is 71.0 Å². The van der Waals surface area contributed by atoms with Gasteiger partial charge in [0.05, 0.1) is 26.8 Å². The fourth-order valence-corrected chi connectivity index (χ4v) is 5.03. The van der Waals surface area contributed by atoms with Gasteiger partial charge in [0.15, 0.2) is 5.13 Å². The van der Waals surface area contributed by atoms with Gasteiger partial charge in [-0.1, -0.05) is 12.8 Å². The predicted octanol–water partition coefficient (Wildman–Crippen LogP) is 5.04. The van der Waals surface area contributed by atoms with Crippen LogP contribution in [0, 0.1) is 13.8 Å². The van der Waals surface area contributed by atoms with Gasteiger partial charge in [0.1, 0.15) is 5.82 Å². The summed E-state index contributed by atoms with van der Waals surface area (Å²) in [7, 11) is 0. The highest BCUT2D eigenvalue weighted by atomic mass is 32.1. The van der Waals surface area contributed by atoms with E-state index in [2.05, 4.69) is 20.3 Å². The highest BCUT2D eigenvalue weighted by Crippen LogP contribution is 2.32. The first-order chi connectivity index (χ1) is 13.6. The Morgan fingerprint density at radius 2 is 1.89 bits per heavy atom. The number of hydrogen-bond acceptors (Lipinski definition) is 7. The number of pyridine rings is 1. The van der Waals surface area contributed by atoms with E-state index >= 15 is 0 Å². The molecule has 4 heterocycles. The lowest BCUT2D eigenvalue weighted by Crippen LogP contribution is -2.31. The molecule has 1 aliphatic heterocycles. The first-order valence-electron chi connectivity index (χ1n) is 9.52. The third-order valence-corrected chi connectivity index (χ3v) is 6.63. The molecular weight excluding hydrogens is 390 g/mol. The molecule has 0 aromatic carbocycles. The van der Waals surface area contributed by atoms with Crippen molar-refractivity contribution < 1.29 is 4.79 Å². The van der Waals surface area contributed by atoms with Crippen LogP contribution in [0.15, 0.2) is 23.7 Å². The Balaban J connectivity index is 1.43. The summed E-state index contributed by atoms with van der Waals surface area (Å²) < 4.78 is 0. The Morgan fingerprint density at radius 1 is 1.11 bits per heavy atom. The fraction of sp³-hybridized carbons (Fsp3) is 0.400. The van der Waals surface area contributed by atoms with Crippen molar-refractivity contribution in [3.63, 3.8) is 0 Å². The molecule has 6 nitrogen and oxygen atoms in total. The summed E-state index contributed by atoms with van der Waals surface area (Å²) in [5.74, 6) is 0.763. The van der Waals surface area contributed by atoms with Crippen LogP contribution < -0.4 is 5.32 Å². The second-order valence-corrected chi connectivity index (χ2v) is 9.01. The highest BCUT2D eigenvalue weighted by molar-refractivity contribution is 7.16. The van der Waals surface area contributed by atoms with Crippen molar-refractivity contribution in [2.75, 3.05) is 18.4 Å². The Labute approximate surface area is 172 Å². The molecule has 0 aliphatic carbocycles. The molecule has 3 aromatic heterocycles. The van der Waals surface area contributed by atoms with E-state index in [4.69, 9.17) is 0 Å². The zero-order valence-electron chi connectivity index (χ0n) is 16.1. The van der Waals surface area contributed by atoms with Crippen LogP contribution in [0.5, 0.6) is 0 Å². The number of thiazole rings is 2. The monoisotopic (exact) mass is 413 g/mol. The van der Waals surface area contributed by atoms with E-state index in [0.717, 1.165) is 52.3 Å². The number of carbonyl (C=O) groups excluding carboxylic acids is 1. The average molecular weight is 414 g/mol. The number of hydrogen-bond donors (Lipinski definition) is 1. The van der Waals surface area contributed by atoms with Crippen molar-refractivity contribution in [3.8, 4) is 10.6 Å². The Hall–Kier alpha value is -2.32. The number of aromatic nitrogens is 3. The first kappa shape index (κ1) is 19.0. The number of carbonyl (C=O) groups is 1. The molecule has 1 amide bonds. The number of rotatable bonds is 4. The third-order valence-electron chi connectivity index (χ3n) is 4.78. The van der Waals surface area contributed by atoms with Crippen LogP contribution in [0.4, 0.5) is 10.9 Å². The minimum absolute atomic E-state index is 0.0773.